The Morgan fingerprint density at radius 1 is 1.25 bits per heavy atom. The summed E-state index contributed by atoms with van der Waals surface area (Å²) >= 11 is 0. The van der Waals surface area contributed by atoms with Crippen LogP contribution >= 0.6 is 0 Å². The maximum absolute atomic E-state index is 12.3. The van der Waals surface area contributed by atoms with Gasteiger partial charge < -0.3 is 20.2 Å². The third-order valence-electron chi connectivity index (χ3n) is 3.25. The van der Waals surface area contributed by atoms with Crippen molar-refractivity contribution in [3.05, 3.63) is 0 Å². The van der Waals surface area contributed by atoms with E-state index in [2.05, 4.69) is 5.32 Å². The van der Waals surface area contributed by atoms with Crippen molar-refractivity contribution in [2.24, 2.45) is 5.92 Å². The minimum atomic E-state index is -1.22. The first-order valence-corrected chi connectivity index (χ1v) is 7.07. The van der Waals surface area contributed by atoms with Crippen molar-refractivity contribution in [1.82, 2.24) is 15.1 Å². The second-order valence-corrected chi connectivity index (χ2v) is 6.06. The lowest BCUT2D eigenvalue weighted by molar-refractivity contribution is -0.143. The van der Waals surface area contributed by atoms with Crippen LogP contribution in [0.1, 0.15) is 34.1 Å². The predicted molar refractivity (Wildman–Crippen MR) is 79.8 cm³/mol. The highest BCUT2D eigenvalue weighted by atomic mass is 16.4. The Kier molecular flexibility index (Phi) is 7.57. The molecular weight excluding hydrogens is 258 g/mol. The lowest BCUT2D eigenvalue weighted by atomic mass is 9.99. The van der Waals surface area contributed by atoms with Gasteiger partial charge in [-0.15, -0.1) is 0 Å². The molecule has 0 aromatic carbocycles. The van der Waals surface area contributed by atoms with Gasteiger partial charge in [0.25, 0.3) is 0 Å². The Balaban J connectivity index is 4.80. The monoisotopic (exact) mass is 287 g/mol. The molecule has 118 valence electrons. The second kappa shape index (κ2) is 8.09. The standard InChI is InChI=1S/C14H29N3O3/c1-7-14(4,12(18)19)15-13(20)17(10-11(2)3)9-8-16(5)6/h11H,7-10H2,1-6H3,(H,15,20)(H,18,19). The fourth-order valence-electron chi connectivity index (χ4n) is 1.65. The quantitative estimate of drug-likeness (QED) is 0.709. The Bertz CT molecular complexity index is 332. The molecule has 20 heavy (non-hydrogen) atoms. The van der Waals surface area contributed by atoms with Crippen LogP contribution in [0.25, 0.3) is 0 Å². The molecule has 0 aliphatic carbocycles. The van der Waals surface area contributed by atoms with Crippen molar-refractivity contribution in [3.8, 4) is 0 Å². The van der Waals surface area contributed by atoms with E-state index in [1.54, 1.807) is 11.8 Å². The van der Waals surface area contributed by atoms with E-state index in [1.807, 2.05) is 32.8 Å². The van der Waals surface area contributed by atoms with Crippen LogP contribution in [0.2, 0.25) is 0 Å². The predicted octanol–water partition coefficient (Wildman–Crippen LogP) is 1.47. The fraction of sp³-hybridized carbons (Fsp3) is 0.857. The summed E-state index contributed by atoms with van der Waals surface area (Å²) in [6, 6.07) is -0.313. The molecule has 0 aliphatic rings. The number of nitrogens with zero attached hydrogens (tertiary/aromatic N) is 2. The molecular formula is C14H29N3O3. The van der Waals surface area contributed by atoms with E-state index in [-0.39, 0.29) is 6.03 Å². The number of aliphatic carboxylic acids is 1. The first kappa shape index (κ1) is 18.7. The zero-order valence-electron chi connectivity index (χ0n) is 13.6. The summed E-state index contributed by atoms with van der Waals surface area (Å²) in [5, 5.41) is 11.9. The molecule has 2 amide bonds. The molecule has 0 saturated carbocycles. The lowest BCUT2D eigenvalue weighted by Crippen LogP contribution is -2.56. The van der Waals surface area contributed by atoms with Crippen molar-refractivity contribution in [2.75, 3.05) is 33.7 Å². The maximum atomic E-state index is 12.3. The van der Waals surface area contributed by atoms with Crippen LogP contribution in [0.5, 0.6) is 0 Å². The van der Waals surface area contributed by atoms with Crippen molar-refractivity contribution in [3.63, 3.8) is 0 Å². The highest BCUT2D eigenvalue weighted by molar-refractivity contribution is 5.85. The van der Waals surface area contributed by atoms with Crippen molar-refractivity contribution < 1.29 is 14.7 Å². The normalized spacial score (nSPS) is 14.2. The number of nitrogens with one attached hydrogen (secondary N) is 1. The van der Waals surface area contributed by atoms with Crippen LogP contribution in [0.3, 0.4) is 0 Å². The number of rotatable bonds is 8. The third kappa shape index (κ3) is 6.23. The first-order chi connectivity index (χ1) is 9.12. The highest BCUT2D eigenvalue weighted by Crippen LogP contribution is 2.11. The van der Waals surface area contributed by atoms with E-state index < -0.39 is 11.5 Å². The number of carbonyl (C=O) groups is 2. The van der Waals surface area contributed by atoms with Gasteiger partial charge in [0.1, 0.15) is 5.54 Å². The number of urea groups is 1. The Labute approximate surface area is 122 Å². The average Bonchev–Trinajstić information content (AvgIpc) is 2.33. The highest BCUT2D eigenvalue weighted by Gasteiger charge is 2.34. The number of likely N-dealkylation sites (N-methyl/N-ethyl adjacent to an activating group) is 1. The van der Waals surface area contributed by atoms with Crippen LogP contribution < -0.4 is 5.32 Å². The van der Waals surface area contributed by atoms with Gasteiger partial charge in [-0.05, 0) is 33.4 Å². The fourth-order valence-corrected chi connectivity index (χ4v) is 1.65. The van der Waals surface area contributed by atoms with E-state index >= 15 is 0 Å². The van der Waals surface area contributed by atoms with E-state index in [0.29, 0.717) is 25.4 Å². The van der Waals surface area contributed by atoms with Gasteiger partial charge >= 0.3 is 12.0 Å². The summed E-state index contributed by atoms with van der Waals surface area (Å²) in [5.41, 5.74) is -1.22. The van der Waals surface area contributed by atoms with Gasteiger partial charge in [-0.2, -0.15) is 0 Å². The number of hydrogen-bond acceptors (Lipinski definition) is 3. The van der Waals surface area contributed by atoms with Crippen molar-refractivity contribution >= 4 is 12.0 Å². The number of carboxylic acid groups (broad SMARTS) is 1. The number of carboxylic acids is 1. The number of hydrogen-bond donors (Lipinski definition) is 2. The van der Waals surface area contributed by atoms with E-state index in [4.69, 9.17) is 0 Å². The molecule has 0 aromatic rings. The first-order valence-electron chi connectivity index (χ1n) is 7.07. The Hall–Kier alpha value is -1.30. The van der Waals surface area contributed by atoms with Crippen molar-refractivity contribution in [1.29, 1.82) is 0 Å². The summed E-state index contributed by atoms with van der Waals surface area (Å²) in [6.07, 6.45) is 0.345. The van der Waals surface area contributed by atoms with Gasteiger partial charge in [0.2, 0.25) is 0 Å². The molecule has 0 aliphatic heterocycles. The van der Waals surface area contributed by atoms with Crippen LogP contribution in [-0.2, 0) is 4.79 Å². The topological polar surface area (TPSA) is 72.9 Å². The molecule has 2 N–H and O–H groups in total. The smallest absolute Gasteiger partial charge is 0.329 e. The van der Waals surface area contributed by atoms with E-state index in [0.717, 1.165) is 6.54 Å². The molecule has 0 radical (unpaired) electrons. The Morgan fingerprint density at radius 2 is 1.80 bits per heavy atom. The SMILES string of the molecule is CCC(C)(NC(=O)N(CCN(C)C)CC(C)C)C(=O)O. The largest absolute Gasteiger partial charge is 0.480 e. The van der Waals surface area contributed by atoms with E-state index in [9.17, 15) is 14.7 Å². The van der Waals surface area contributed by atoms with Gasteiger partial charge in [-0.3, -0.25) is 0 Å². The van der Waals surface area contributed by atoms with Crippen LogP contribution in [0, 0.1) is 5.92 Å². The summed E-state index contributed by atoms with van der Waals surface area (Å²) in [7, 11) is 3.89. The van der Waals surface area contributed by atoms with Crippen LogP contribution in [0.4, 0.5) is 4.79 Å². The minimum Gasteiger partial charge on any atom is -0.480 e. The molecule has 1 unspecified atom stereocenters. The van der Waals surface area contributed by atoms with Crippen molar-refractivity contribution in [2.45, 2.75) is 39.7 Å². The van der Waals surface area contributed by atoms with E-state index in [1.165, 1.54) is 6.92 Å². The Morgan fingerprint density at radius 3 is 2.15 bits per heavy atom. The van der Waals surface area contributed by atoms with Gasteiger partial charge in [0.15, 0.2) is 0 Å². The van der Waals surface area contributed by atoms with Gasteiger partial charge in [0.05, 0.1) is 0 Å². The summed E-state index contributed by atoms with van der Waals surface area (Å²) in [5.74, 6) is -0.675. The molecule has 6 nitrogen and oxygen atoms in total. The van der Waals surface area contributed by atoms with Gasteiger partial charge in [0, 0.05) is 19.6 Å². The number of carbonyl (C=O) groups excluding carboxylic acids is 1. The zero-order chi connectivity index (χ0) is 15.9. The second-order valence-electron chi connectivity index (χ2n) is 6.06. The zero-order valence-corrected chi connectivity index (χ0v) is 13.6. The van der Waals surface area contributed by atoms with Crippen LogP contribution in [-0.4, -0.2) is 66.2 Å². The number of amides is 2. The van der Waals surface area contributed by atoms with Gasteiger partial charge in [-0.25, -0.2) is 9.59 Å². The summed E-state index contributed by atoms with van der Waals surface area (Å²) < 4.78 is 0. The minimum absolute atomic E-state index is 0.313. The summed E-state index contributed by atoms with van der Waals surface area (Å²) in [4.78, 5) is 27.2. The summed E-state index contributed by atoms with van der Waals surface area (Å²) in [6.45, 7) is 9.29. The molecule has 0 aromatic heterocycles. The molecule has 0 fully saturated rings. The van der Waals surface area contributed by atoms with Crippen LogP contribution in [0.15, 0.2) is 0 Å². The molecule has 0 saturated heterocycles. The molecule has 6 heteroatoms. The molecule has 0 rings (SSSR count). The lowest BCUT2D eigenvalue weighted by Gasteiger charge is -2.31. The maximum Gasteiger partial charge on any atom is 0.329 e. The molecule has 1 atom stereocenters. The molecule has 0 bridgehead atoms. The third-order valence-corrected chi connectivity index (χ3v) is 3.25. The molecule has 0 spiro atoms. The average molecular weight is 287 g/mol. The molecule has 0 heterocycles. The van der Waals surface area contributed by atoms with Gasteiger partial charge in [-0.1, -0.05) is 20.8 Å².